The summed E-state index contributed by atoms with van der Waals surface area (Å²) in [5.41, 5.74) is 1.28. The Labute approximate surface area is 122 Å². The van der Waals surface area contributed by atoms with Gasteiger partial charge in [-0.1, -0.05) is 68.8 Å². The van der Waals surface area contributed by atoms with Gasteiger partial charge < -0.3 is 5.32 Å². The van der Waals surface area contributed by atoms with Gasteiger partial charge in [-0.3, -0.25) is 0 Å². The van der Waals surface area contributed by atoms with Crippen molar-refractivity contribution in [3.63, 3.8) is 0 Å². The minimum atomic E-state index is 0.577. The number of hydrogen-bond donors (Lipinski definition) is 1. The summed E-state index contributed by atoms with van der Waals surface area (Å²) in [4.78, 5) is 0. The van der Waals surface area contributed by atoms with Gasteiger partial charge in [0, 0.05) is 11.1 Å². The van der Waals surface area contributed by atoms with E-state index >= 15 is 0 Å². The molecule has 2 rings (SSSR count). The van der Waals surface area contributed by atoms with Crippen LogP contribution in [0.15, 0.2) is 24.3 Å². The highest BCUT2D eigenvalue weighted by Gasteiger charge is 2.19. The maximum absolute atomic E-state index is 6.28. The van der Waals surface area contributed by atoms with Crippen molar-refractivity contribution in [3.8, 4) is 0 Å². The van der Waals surface area contributed by atoms with Gasteiger partial charge in [0.25, 0.3) is 0 Å². The quantitative estimate of drug-likeness (QED) is 0.786. The van der Waals surface area contributed by atoms with Crippen LogP contribution >= 0.6 is 11.6 Å². The third-order valence-corrected chi connectivity index (χ3v) is 4.63. The van der Waals surface area contributed by atoms with Gasteiger partial charge in [0.15, 0.2) is 0 Å². The largest absolute Gasteiger partial charge is 0.314 e. The number of likely N-dealkylation sites (N-methyl/N-ethyl adjacent to an activating group) is 1. The average Bonchev–Trinajstić information content (AvgIpc) is 2.43. The summed E-state index contributed by atoms with van der Waals surface area (Å²) < 4.78 is 0. The molecule has 0 aromatic heterocycles. The molecule has 0 aliphatic heterocycles. The minimum absolute atomic E-state index is 0.577. The molecule has 1 N–H and O–H groups in total. The van der Waals surface area contributed by atoms with Crippen LogP contribution in [0.4, 0.5) is 0 Å². The van der Waals surface area contributed by atoms with Crippen LogP contribution in [0.3, 0.4) is 0 Å². The van der Waals surface area contributed by atoms with Gasteiger partial charge in [-0.25, -0.2) is 0 Å². The fraction of sp³-hybridized carbons (Fsp3) is 0.647. The Morgan fingerprint density at radius 3 is 2.63 bits per heavy atom. The second-order valence-electron chi connectivity index (χ2n) is 5.79. The van der Waals surface area contributed by atoms with E-state index in [1.807, 2.05) is 12.1 Å². The fourth-order valence-electron chi connectivity index (χ4n) is 3.28. The van der Waals surface area contributed by atoms with Crippen LogP contribution in [-0.4, -0.2) is 12.6 Å². The lowest BCUT2D eigenvalue weighted by molar-refractivity contribution is 0.298. The van der Waals surface area contributed by atoms with E-state index in [2.05, 4.69) is 24.4 Å². The molecule has 0 heterocycles. The van der Waals surface area contributed by atoms with Crippen molar-refractivity contribution < 1.29 is 0 Å². The van der Waals surface area contributed by atoms with Crippen molar-refractivity contribution in [1.82, 2.24) is 5.32 Å². The smallest absolute Gasteiger partial charge is 0.0438 e. The monoisotopic (exact) mass is 279 g/mol. The molecule has 1 aromatic carbocycles. The van der Waals surface area contributed by atoms with Crippen LogP contribution in [0.5, 0.6) is 0 Å². The molecule has 1 fully saturated rings. The van der Waals surface area contributed by atoms with Crippen LogP contribution in [0.25, 0.3) is 0 Å². The Morgan fingerprint density at radius 2 is 1.95 bits per heavy atom. The molecule has 0 bridgehead atoms. The number of nitrogens with one attached hydrogen (secondary N) is 1. The summed E-state index contributed by atoms with van der Waals surface area (Å²) in [5.74, 6) is 0.917. The molecule has 1 nitrogen and oxygen atoms in total. The molecule has 1 unspecified atom stereocenters. The Morgan fingerprint density at radius 1 is 1.21 bits per heavy atom. The standard InChI is InChI=1S/C17H26ClN/c1-2-19-16(12-14-8-4-3-5-9-14)13-15-10-6-7-11-17(15)18/h6-7,10-11,14,16,19H,2-5,8-9,12-13H2,1H3. The van der Waals surface area contributed by atoms with Crippen LogP contribution in [-0.2, 0) is 6.42 Å². The molecule has 1 aromatic rings. The van der Waals surface area contributed by atoms with Gasteiger partial charge in [0.1, 0.15) is 0 Å². The molecule has 1 atom stereocenters. The molecule has 0 radical (unpaired) electrons. The Kier molecular flexibility index (Phi) is 6.19. The van der Waals surface area contributed by atoms with Gasteiger partial charge in [-0.15, -0.1) is 0 Å². The highest BCUT2D eigenvalue weighted by Crippen LogP contribution is 2.28. The predicted molar refractivity (Wildman–Crippen MR) is 83.8 cm³/mol. The molecule has 0 saturated heterocycles. The topological polar surface area (TPSA) is 12.0 Å². The number of halogens is 1. The molecule has 19 heavy (non-hydrogen) atoms. The molecule has 1 saturated carbocycles. The zero-order valence-corrected chi connectivity index (χ0v) is 12.8. The molecule has 0 spiro atoms. The third-order valence-electron chi connectivity index (χ3n) is 4.26. The first-order chi connectivity index (χ1) is 9.29. The summed E-state index contributed by atoms with van der Waals surface area (Å²) in [6.45, 7) is 3.24. The van der Waals surface area contributed by atoms with Crippen molar-refractivity contribution in [3.05, 3.63) is 34.9 Å². The molecule has 1 aliphatic carbocycles. The summed E-state index contributed by atoms with van der Waals surface area (Å²) >= 11 is 6.28. The summed E-state index contributed by atoms with van der Waals surface area (Å²) in [6.07, 6.45) is 9.50. The van der Waals surface area contributed by atoms with E-state index in [4.69, 9.17) is 11.6 Å². The Hall–Kier alpha value is -0.530. The van der Waals surface area contributed by atoms with E-state index < -0.39 is 0 Å². The maximum atomic E-state index is 6.28. The van der Waals surface area contributed by atoms with Gasteiger partial charge in [-0.2, -0.15) is 0 Å². The normalized spacial score (nSPS) is 18.4. The van der Waals surface area contributed by atoms with E-state index in [0.717, 1.165) is 23.9 Å². The van der Waals surface area contributed by atoms with E-state index in [-0.39, 0.29) is 0 Å². The van der Waals surface area contributed by atoms with E-state index in [0.29, 0.717) is 6.04 Å². The van der Waals surface area contributed by atoms with Crippen LogP contribution in [0.2, 0.25) is 5.02 Å². The number of benzene rings is 1. The Bertz CT molecular complexity index is 371. The lowest BCUT2D eigenvalue weighted by Gasteiger charge is -2.27. The van der Waals surface area contributed by atoms with Crippen LogP contribution in [0, 0.1) is 5.92 Å². The lowest BCUT2D eigenvalue weighted by atomic mass is 9.83. The molecular formula is C17H26ClN. The lowest BCUT2D eigenvalue weighted by Crippen LogP contribution is -2.33. The minimum Gasteiger partial charge on any atom is -0.314 e. The number of rotatable bonds is 6. The second-order valence-corrected chi connectivity index (χ2v) is 6.20. The van der Waals surface area contributed by atoms with E-state index in [9.17, 15) is 0 Å². The summed E-state index contributed by atoms with van der Waals surface area (Å²) in [5, 5.41) is 4.56. The zero-order chi connectivity index (χ0) is 13.5. The van der Waals surface area contributed by atoms with Crippen LogP contribution < -0.4 is 5.32 Å². The summed E-state index contributed by atoms with van der Waals surface area (Å²) in [6, 6.07) is 8.83. The molecule has 0 amide bonds. The predicted octanol–water partition coefficient (Wildman–Crippen LogP) is 4.83. The van der Waals surface area contributed by atoms with Gasteiger partial charge in [0.2, 0.25) is 0 Å². The van der Waals surface area contributed by atoms with Crippen LogP contribution in [0.1, 0.15) is 51.0 Å². The van der Waals surface area contributed by atoms with Crippen molar-refractivity contribution >= 4 is 11.6 Å². The number of hydrogen-bond acceptors (Lipinski definition) is 1. The molecule has 106 valence electrons. The first kappa shape index (κ1) is 14.9. The average molecular weight is 280 g/mol. The van der Waals surface area contributed by atoms with Gasteiger partial charge in [-0.05, 0) is 36.9 Å². The highest BCUT2D eigenvalue weighted by molar-refractivity contribution is 6.31. The first-order valence-corrected chi connectivity index (χ1v) is 8.14. The Balaban J connectivity index is 1.93. The van der Waals surface area contributed by atoms with E-state index in [1.54, 1.807) is 0 Å². The van der Waals surface area contributed by atoms with Crippen molar-refractivity contribution in [2.24, 2.45) is 5.92 Å². The molecular weight excluding hydrogens is 254 g/mol. The van der Waals surface area contributed by atoms with Gasteiger partial charge >= 0.3 is 0 Å². The maximum Gasteiger partial charge on any atom is 0.0438 e. The van der Waals surface area contributed by atoms with Gasteiger partial charge in [0.05, 0.1) is 0 Å². The first-order valence-electron chi connectivity index (χ1n) is 7.76. The SMILES string of the molecule is CCNC(Cc1ccccc1Cl)CC1CCCCC1. The highest BCUT2D eigenvalue weighted by atomic mass is 35.5. The van der Waals surface area contributed by atoms with E-state index in [1.165, 1.54) is 44.1 Å². The fourth-order valence-corrected chi connectivity index (χ4v) is 3.50. The van der Waals surface area contributed by atoms with Crippen molar-refractivity contribution in [2.45, 2.75) is 57.9 Å². The second kappa shape index (κ2) is 7.91. The van der Waals surface area contributed by atoms with Crippen molar-refractivity contribution in [1.29, 1.82) is 0 Å². The zero-order valence-electron chi connectivity index (χ0n) is 12.0. The molecule has 1 aliphatic rings. The third kappa shape index (κ3) is 4.81. The van der Waals surface area contributed by atoms with Crippen molar-refractivity contribution in [2.75, 3.05) is 6.54 Å². The summed E-state index contributed by atoms with van der Waals surface area (Å²) in [7, 11) is 0. The molecule has 2 heteroatoms.